The van der Waals surface area contributed by atoms with Crippen molar-refractivity contribution in [2.45, 2.75) is 25.3 Å². The van der Waals surface area contributed by atoms with E-state index in [1.807, 2.05) is 4.68 Å². The minimum Gasteiger partial charge on any atom is -0.463 e. The summed E-state index contributed by atoms with van der Waals surface area (Å²) in [4.78, 5) is 15.5. The maximum Gasteiger partial charge on any atom is 0.378 e. The molecule has 1 aliphatic heterocycles. The van der Waals surface area contributed by atoms with Gasteiger partial charge in [0.05, 0.1) is 13.2 Å². The summed E-state index contributed by atoms with van der Waals surface area (Å²) >= 11 is 0. The molecule has 1 fully saturated rings. The number of anilines is 1. The molecular formula is C10H14N4O2. The lowest BCUT2D eigenvalue weighted by Gasteiger charge is -2.23. The largest absolute Gasteiger partial charge is 0.463 e. The minimum absolute atomic E-state index is 0.151. The monoisotopic (exact) mass is 222 g/mol. The second-order valence-corrected chi connectivity index (χ2v) is 4.32. The molecule has 86 valence electrons. The van der Waals surface area contributed by atoms with Crippen LogP contribution in [0.15, 0.2) is 0 Å². The van der Waals surface area contributed by atoms with E-state index in [4.69, 9.17) is 0 Å². The Labute approximate surface area is 93.0 Å². The van der Waals surface area contributed by atoms with Crippen molar-refractivity contribution in [1.82, 2.24) is 14.8 Å². The number of aromatic nitrogens is 3. The molecule has 6 heteroatoms. The molecule has 6 nitrogen and oxygen atoms in total. The van der Waals surface area contributed by atoms with E-state index in [-0.39, 0.29) is 5.82 Å². The maximum atomic E-state index is 11.3. The van der Waals surface area contributed by atoms with Crippen molar-refractivity contribution in [2.24, 2.45) is 5.92 Å². The number of rotatable bonds is 2. The number of methoxy groups -OCH3 is 1. The fourth-order valence-corrected chi connectivity index (χ4v) is 2.22. The van der Waals surface area contributed by atoms with Crippen molar-refractivity contribution in [1.29, 1.82) is 0 Å². The first kappa shape index (κ1) is 9.62. The molecule has 2 aliphatic rings. The minimum atomic E-state index is -0.474. The average molecular weight is 222 g/mol. The van der Waals surface area contributed by atoms with Crippen molar-refractivity contribution < 1.29 is 9.53 Å². The Balaban J connectivity index is 1.94. The number of hydrogen-bond acceptors (Lipinski definition) is 5. The highest BCUT2D eigenvalue weighted by atomic mass is 16.5. The molecule has 16 heavy (non-hydrogen) atoms. The second kappa shape index (κ2) is 3.47. The first-order valence-electron chi connectivity index (χ1n) is 5.58. The summed E-state index contributed by atoms with van der Waals surface area (Å²) in [5.41, 5.74) is 0. The van der Waals surface area contributed by atoms with E-state index in [2.05, 4.69) is 20.1 Å². The van der Waals surface area contributed by atoms with Crippen molar-refractivity contribution in [3.63, 3.8) is 0 Å². The van der Waals surface area contributed by atoms with Crippen LogP contribution in [0, 0.1) is 5.92 Å². The Morgan fingerprint density at radius 3 is 3.00 bits per heavy atom. The Kier molecular flexibility index (Phi) is 2.08. The van der Waals surface area contributed by atoms with Gasteiger partial charge >= 0.3 is 5.97 Å². The second-order valence-electron chi connectivity index (χ2n) is 4.32. The van der Waals surface area contributed by atoms with Gasteiger partial charge < -0.3 is 10.1 Å². The number of nitrogens with one attached hydrogen (secondary N) is 1. The lowest BCUT2D eigenvalue weighted by atomic mass is 10.1. The van der Waals surface area contributed by atoms with Crippen LogP contribution in [-0.4, -0.2) is 34.4 Å². The lowest BCUT2D eigenvalue weighted by molar-refractivity contribution is 0.0586. The highest BCUT2D eigenvalue weighted by Crippen LogP contribution is 2.43. The number of carbonyl (C=O) groups is 1. The van der Waals surface area contributed by atoms with E-state index in [1.165, 1.54) is 20.0 Å². The van der Waals surface area contributed by atoms with Gasteiger partial charge in [0.25, 0.3) is 5.82 Å². The molecule has 0 radical (unpaired) electrons. The number of ether oxygens (including phenoxy) is 1. The zero-order valence-corrected chi connectivity index (χ0v) is 9.14. The molecule has 3 rings (SSSR count). The number of carbonyl (C=O) groups excluding carboxylic acids is 1. The SMILES string of the molecule is COC(=O)c1nc2n(n1)C(C1CC1)CCN2. The number of fused-ring (bicyclic) bond motifs is 1. The van der Waals surface area contributed by atoms with Gasteiger partial charge in [-0.15, -0.1) is 5.10 Å². The Hall–Kier alpha value is -1.59. The summed E-state index contributed by atoms with van der Waals surface area (Å²) in [5.74, 6) is 1.09. The molecule has 1 saturated carbocycles. The summed E-state index contributed by atoms with van der Waals surface area (Å²) in [5, 5.41) is 7.39. The van der Waals surface area contributed by atoms with Crippen molar-refractivity contribution in [3.05, 3.63) is 5.82 Å². The van der Waals surface area contributed by atoms with Gasteiger partial charge in [-0.1, -0.05) is 0 Å². The Bertz CT molecular complexity index is 424. The van der Waals surface area contributed by atoms with E-state index in [9.17, 15) is 4.79 Å². The molecule has 1 atom stereocenters. The first-order chi connectivity index (χ1) is 7.79. The Morgan fingerprint density at radius 1 is 1.50 bits per heavy atom. The average Bonchev–Trinajstić information content (AvgIpc) is 3.05. The predicted octanol–water partition coefficient (Wildman–Crippen LogP) is 0.831. The molecule has 0 saturated heterocycles. The van der Waals surface area contributed by atoms with Gasteiger partial charge in [-0.25, -0.2) is 9.48 Å². The first-order valence-corrected chi connectivity index (χ1v) is 5.58. The Morgan fingerprint density at radius 2 is 2.31 bits per heavy atom. The molecule has 0 bridgehead atoms. The topological polar surface area (TPSA) is 69.0 Å². The molecule has 0 aromatic carbocycles. The predicted molar refractivity (Wildman–Crippen MR) is 56.2 cm³/mol. The smallest absolute Gasteiger partial charge is 0.378 e. The van der Waals surface area contributed by atoms with Crippen LogP contribution in [0.2, 0.25) is 0 Å². The number of hydrogen-bond donors (Lipinski definition) is 1. The maximum absolute atomic E-state index is 11.3. The summed E-state index contributed by atoms with van der Waals surface area (Å²) in [6, 6.07) is 0.405. The van der Waals surface area contributed by atoms with E-state index >= 15 is 0 Å². The van der Waals surface area contributed by atoms with E-state index in [0.29, 0.717) is 17.9 Å². The molecule has 1 N–H and O–H groups in total. The van der Waals surface area contributed by atoms with Crippen LogP contribution in [0.5, 0.6) is 0 Å². The highest BCUT2D eigenvalue weighted by Gasteiger charge is 2.37. The fourth-order valence-electron chi connectivity index (χ4n) is 2.22. The zero-order valence-electron chi connectivity index (χ0n) is 9.14. The van der Waals surface area contributed by atoms with Crippen molar-refractivity contribution >= 4 is 11.9 Å². The molecule has 0 spiro atoms. The molecule has 2 heterocycles. The normalized spacial score (nSPS) is 23.4. The number of nitrogens with zero attached hydrogens (tertiary/aromatic N) is 3. The number of esters is 1. The molecule has 0 amide bonds. The van der Waals surface area contributed by atoms with Gasteiger partial charge in [0, 0.05) is 6.54 Å². The molecule has 1 unspecified atom stereocenters. The summed E-state index contributed by atoms with van der Waals surface area (Å²) < 4.78 is 6.47. The van der Waals surface area contributed by atoms with Crippen LogP contribution in [0.25, 0.3) is 0 Å². The van der Waals surface area contributed by atoms with Gasteiger partial charge in [-0.3, -0.25) is 0 Å². The summed E-state index contributed by atoms with van der Waals surface area (Å²) in [7, 11) is 1.34. The molecule has 1 aromatic rings. The standard InChI is InChI=1S/C10H14N4O2/c1-16-9(15)8-12-10-11-5-4-7(6-2-3-6)14(10)13-8/h6-7H,2-5H2,1H3,(H,11,12,13). The van der Waals surface area contributed by atoms with Gasteiger partial charge in [0.15, 0.2) is 0 Å². The van der Waals surface area contributed by atoms with Crippen LogP contribution >= 0.6 is 0 Å². The van der Waals surface area contributed by atoms with Gasteiger partial charge in [-0.05, 0) is 25.2 Å². The third-order valence-electron chi connectivity index (χ3n) is 3.20. The van der Waals surface area contributed by atoms with Crippen LogP contribution < -0.4 is 5.32 Å². The van der Waals surface area contributed by atoms with Crippen molar-refractivity contribution in [3.8, 4) is 0 Å². The van der Waals surface area contributed by atoms with Gasteiger partial charge in [0.1, 0.15) is 0 Å². The van der Waals surface area contributed by atoms with Crippen LogP contribution in [0.1, 0.15) is 35.9 Å². The van der Waals surface area contributed by atoms with Gasteiger partial charge in [0.2, 0.25) is 5.95 Å². The zero-order chi connectivity index (χ0) is 11.1. The van der Waals surface area contributed by atoms with Crippen molar-refractivity contribution in [2.75, 3.05) is 19.0 Å². The third-order valence-corrected chi connectivity index (χ3v) is 3.20. The van der Waals surface area contributed by atoms with Crippen LogP contribution in [-0.2, 0) is 4.74 Å². The molecule has 1 aliphatic carbocycles. The van der Waals surface area contributed by atoms with Crippen LogP contribution in [0.3, 0.4) is 0 Å². The molecular weight excluding hydrogens is 208 g/mol. The van der Waals surface area contributed by atoms with Crippen LogP contribution in [0.4, 0.5) is 5.95 Å². The lowest BCUT2D eigenvalue weighted by Crippen LogP contribution is -2.25. The fraction of sp³-hybridized carbons (Fsp3) is 0.700. The summed E-state index contributed by atoms with van der Waals surface area (Å²) in [6.07, 6.45) is 3.58. The van der Waals surface area contributed by atoms with Gasteiger partial charge in [-0.2, -0.15) is 4.98 Å². The van der Waals surface area contributed by atoms with E-state index < -0.39 is 5.97 Å². The summed E-state index contributed by atoms with van der Waals surface area (Å²) in [6.45, 7) is 0.903. The van der Waals surface area contributed by atoms with E-state index in [0.717, 1.165) is 13.0 Å². The third kappa shape index (κ3) is 1.45. The van der Waals surface area contributed by atoms with E-state index in [1.54, 1.807) is 0 Å². The quantitative estimate of drug-likeness (QED) is 0.751. The highest BCUT2D eigenvalue weighted by molar-refractivity contribution is 5.85. The molecule has 1 aromatic heterocycles.